The molecule has 5 heteroatoms. The SMILES string of the molecule is O=C1CCCc2nc(N[C@H]3CCc4ccc(F)cc43)ncc21. The predicted molar refractivity (Wildman–Crippen MR) is 80.4 cm³/mol. The molecule has 2 aliphatic rings. The van der Waals surface area contributed by atoms with E-state index >= 15 is 0 Å². The summed E-state index contributed by atoms with van der Waals surface area (Å²) in [6, 6.07) is 4.96. The van der Waals surface area contributed by atoms with Crippen LogP contribution < -0.4 is 5.32 Å². The Morgan fingerprint density at radius 1 is 1.23 bits per heavy atom. The van der Waals surface area contributed by atoms with Crippen LogP contribution in [0.5, 0.6) is 0 Å². The molecule has 112 valence electrons. The third-order valence-corrected chi connectivity index (χ3v) is 4.47. The van der Waals surface area contributed by atoms with Crippen LogP contribution >= 0.6 is 0 Å². The molecule has 1 aromatic heterocycles. The number of rotatable bonds is 2. The van der Waals surface area contributed by atoms with E-state index in [4.69, 9.17) is 0 Å². The fraction of sp³-hybridized carbons (Fsp3) is 0.353. The Labute approximate surface area is 127 Å². The van der Waals surface area contributed by atoms with Crippen molar-refractivity contribution in [1.29, 1.82) is 0 Å². The van der Waals surface area contributed by atoms with Crippen molar-refractivity contribution in [1.82, 2.24) is 9.97 Å². The zero-order chi connectivity index (χ0) is 15.1. The van der Waals surface area contributed by atoms with Gasteiger partial charge in [-0.2, -0.15) is 0 Å². The van der Waals surface area contributed by atoms with Gasteiger partial charge in [0.2, 0.25) is 5.95 Å². The number of hydrogen-bond acceptors (Lipinski definition) is 4. The number of carbonyl (C=O) groups is 1. The number of hydrogen-bond donors (Lipinski definition) is 1. The average Bonchev–Trinajstić information content (AvgIpc) is 2.90. The molecule has 1 aromatic carbocycles. The fourth-order valence-corrected chi connectivity index (χ4v) is 3.34. The van der Waals surface area contributed by atoms with Crippen LogP contribution in [-0.4, -0.2) is 15.8 Å². The Kier molecular flexibility index (Phi) is 3.13. The third-order valence-electron chi connectivity index (χ3n) is 4.47. The minimum atomic E-state index is -0.218. The second-order valence-electron chi connectivity index (χ2n) is 5.91. The lowest BCUT2D eigenvalue weighted by Gasteiger charge is -2.17. The van der Waals surface area contributed by atoms with Crippen LogP contribution in [-0.2, 0) is 12.8 Å². The maximum atomic E-state index is 13.4. The molecule has 4 rings (SSSR count). The van der Waals surface area contributed by atoms with Crippen LogP contribution in [0, 0.1) is 5.82 Å². The van der Waals surface area contributed by atoms with E-state index < -0.39 is 0 Å². The molecule has 2 aromatic rings. The monoisotopic (exact) mass is 297 g/mol. The fourth-order valence-electron chi connectivity index (χ4n) is 3.34. The predicted octanol–water partition coefficient (Wildman–Crippen LogP) is 3.23. The van der Waals surface area contributed by atoms with Gasteiger partial charge in [-0.3, -0.25) is 4.79 Å². The summed E-state index contributed by atoms with van der Waals surface area (Å²) in [5, 5.41) is 3.29. The van der Waals surface area contributed by atoms with Gasteiger partial charge in [0.25, 0.3) is 0 Å². The summed E-state index contributed by atoms with van der Waals surface area (Å²) >= 11 is 0. The highest BCUT2D eigenvalue weighted by molar-refractivity contribution is 5.97. The number of benzene rings is 1. The van der Waals surface area contributed by atoms with Gasteiger partial charge in [0, 0.05) is 12.6 Å². The topological polar surface area (TPSA) is 54.9 Å². The summed E-state index contributed by atoms with van der Waals surface area (Å²) < 4.78 is 13.4. The van der Waals surface area contributed by atoms with E-state index in [0.717, 1.165) is 36.9 Å². The summed E-state index contributed by atoms with van der Waals surface area (Å²) in [6.07, 6.45) is 5.69. The van der Waals surface area contributed by atoms with Gasteiger partial charge in [-0.15, -0.1) is 0 Å². The number of halogens is 1. The van der Waals surface area contributed by atoms with Crippen molar-refractivity contribution in [3.63, 3.8) is 0 Å². The molecule has 22 heavy (non-hydrogen) atoms. The van der Waals surface area contributed by atoms with Crippen LogP contribution in [0.15, 0.2) is 24.4 Å². The van der Waals surface area contributed by atoms with E-state index in [1.165, 1.54) is 11.6 Å². The molecule has 1 heterocycles. The normalized spacial score (nSPS) is 19.7. The lowest BCUT2D eigenvalue weighted by molar-refractivity contribution is 0.0971. The highest BCUT2D eigenvalue weighted by Gasteiger charge is 2.25. The molecule has 0 bridgehead atoms. The lowest BCUT2D eigenvalue weighted by atomic mass is 9.96. The standard InChI is InChI=1S/C17H16FN3O/c18-11-6-4-10-5-7-15(12(10)8-11)21-17-19-9-13-14(20-17)2-1-3-16(13)22/h4,6,8-9,15H,1-3,5,7H2,(H,19,20,21)/t15-/m0/s1. The van der Waals surface area contributed by atoms with E-state index in [2.05, 4.69) is 15.3 Å². The maximum Gasteiger partial charge on any atom is 0.223 e. The first-order chi connectivity index (χ1) is 10.7. The Bertz CT molecular complexity index is 760. The zero-order valence-corrected chi connectivity index (χ0v) is 12.1. The number of carbonyl (C=O) groups excluding carboxylic acids is 1. The molecule has 0 unspecified atom stereocenters. The average molecular weight is 297 g/mol. The Balaban J connectivity index is 1.61. The van der Waals surface area contributed by atoms with Gasteiger partial charge in [-0.25, -0.2) is 14.4 Å². The van der Waals surface area contributed by atoms with Crippen LogP contribution in [0.2, 0.25) is 0 Å². The number of nitrogens with zero attached hydrogens (tertiary/aromatic N) is 2. The van der Waals surface area contributed by atoms with E-state index in [-0.39, 0.29) is 17.6 Å². The van der Waals surface area contributed by atoms with Gasteiger partial charge in [0.15, 0.2) is 5.78 Å². The molecule has 0 aliphatic heterocycles. The van der Waals surface area contributed by atoms with Crippen molar-refractivity contribution in [2.24, 2.45) is 0 Å². The highest BCUT2D eigenvalue weighted by atomic mass is 19.1. The molecule has 0 radical (unpaired) electrons. The zero-order valence-electron chi connectivity index (χ0n) is 12.1. The molecule has 0 saturated heterocycles. The number of aryl methyl sites for hydroxylation is 2. The summed E-state index contributed by atoms with van der Waals surface area (Å²) in [5.74, 6) is 0.432. The van der Waals surface area contributed by atoms with Crippen molar-refractivity contribution < 1.29 is 9.18 Å². The Morgan fingerprint density at radius 3 is 3.05 bits per heavy atom. The van der Waals surface area contributed by atoms with E-state index in [1.54, 1.807) is 12.3 Å². The number of aromatic nitrogens is 2. The molecular formula is C17H16FN3O. The summed E-state index contributed by atoms with van der Waals surface area (Å²) in [7, 11) is 0. The van der Waals surface area contributed by atoms with Crippen LogP contribution in [0.3, 0.4) is 0 Å². The van der Waals surface area contributed by atoms with Gasteiger partial charge in [0.05, 0.1) is 17.3 Å². The van der Waals surface area contributed by atoms with Crippen molar-refractivity contribution >= 4 is 11.7 Å². The minimum Gasteiger partial charge on any atom is -0.347 e. The first-order valence-electron chi connectivity index (χ1n) is 7.65. The molecule has 0 saturated carbocycles. The number of fused-ring (bicyclic) bond motifs is 2. The first-order valence-corrected chi connectivity index (χ1v) is 7.65. The number of Topliss-reactive ketones (excluding diaryl/α,β-unsaturated/α-hetero) is 1. The van der Waals surface area contributed by atoms with Gasteiger partial charge in [-0.1, -0.05) is 6.07 Å². The third kappa shape index (κ3) is 2.26. The number of ketones is 1. The first kappa shape index (κ1) is 13.4. The number of nitrogens with one attached hydrogen (secondary N) is 1. The van der Waals surface area contributed by atoms with Gasteiger partial charge in [0.1, 0.15) is 5.82 Å². The van der Waals surface area contributed by atoms with Crippen LogP contribution in [0.4, 0.5) is 10.3 Å². The van der Waals surface area contributed by atoms with Crippen molar-refractivity contribution in [2.45, 2.75) is 38.1 Å². The second-order valence-corrected chi connectivity index (χ2v) is 5.91. The maximum absolute atomic E-state index is 13.4. The molecule has 1 atom stereocenters. The van der Waals surface area contributed by atoms with Crippen LogP contribution in [0.1, 0.15) is 52.5 Å². The van der Waals surface area contributed by atoms with Gasteiger partial charge < -0.3 is 5.32 Å². The molecule has 2 aliphatic carbocycles. The van der Waals surface area contributed by atoms with Gasteiger partial charge >= 0.3 is 0 Å². The Morgan fingerprint density at radius 2 is 2.14 bits per heavy atom. The van der Waals surface area contributed by atoms with E-state index in [0.29, 0.717) is 17.9 Å². The summed E-state index contributed by atoms with van der Waals surface area (Å²) in [4.78, 5) is 20.6. The molecule has 4 nitrogen and oxygen atoms in total. The van der Waals surface area contributed by atoms with Crippen LogP contribution in [0.25, 0.3) is 0 Å². The minimum absolute atomic E-state index is 0.0306. The molecule has 0 fully saturated rings. The highest BCUT2D eigenvalue weighted by Crippen LogP contribution is 2.33. The second kappa shape index (κ2) is 5.16. The molecular weight excluding hydrogens is 281 g/mol. The largest absolute Gasteiger partial charge is 0.347 e. The number of anilines is 1. The summed E-state index contributed by atoms with van der Waals surface area (Å²) in [5.41, 5.74) is 3.63. The molecule has 0 amide bonds. The summed E-state index contributed by atoms with van der Waals surface area (Å²) in [6.45, 7) is 0. The van der Waals surface area contributed by atoms with E-state index in [1.807, 2.05) is 6.07 Å². The Hall–Kier alpha value is -2.30. The quantitative estimate of drug-likeness (QED) is 0.924. The molecule has 0 spiro atoms. The van der Waals surface area contributed by atoms with Crippen molar-refractivity contribution in [3.8, 4) is 0 Å². The smallest absolute Gasteiger partial charge is 0.223 e. The van der Waals surface area contributed by atoms with Crippen molar-refractivity contribution in [3.05, 3.63) is 52.6 Å². The lowest BCUT2D eigenvalue weighted by Crippen LogP contribution is -2.16. The molecule has 1 N–H and O–H groups in total. The van der Waals surface area contributed by atoms with Gasteiger partial charge in [-0.05, 0) is 48.9 Å². The van der Waals surface area contributed by atoms with Crippen molar-refractivity contribution in [2.75, 3.05) is 5.32 Å². The van der Waals surface area contributed by atoms with E-state index in [9.17, 15) is 9.18 Å².